The molecular weight excluding hydrogens is 387 g/mol. The second-order valence-corrected chi connectivity index (χ2v) is 8.62. The highest BCUT2D eigenvalue weighted by molar-refractivity contribution is 5.90. The summed E-state index contributed by atoms with van der Waals surface area (Å²) in [4.78, 5) is 31.5. The van der Waals surface area contributed by atoms with E-state index < -0.39 is 12.2 Å². The lowest BCUT2D eigenvalue weighted by molar-refractivity contribution is -0.119. The Labute approximate surface area is 172 Å². The van der Waals surface area contributed by atoms with E-state index in [1.807, 2.05) is 24.3 Å². The molecule has 3 saturated heterocycles. The minimum Gasteiger partial charge on any atom is -0.442 e. The molecule has 2 amide bonds. The number of carbonyl (C=O) groups is 2. The monoisotopic (exact) mass is 408 g/mol. The lowest BCUT2D eigenvalue weighted by Gasteiger charge is -2.19. The van der Waals surface area contributed by atoms with E-state index >= 15 is 4.39 Å². The molecule has 1 N–H and O–H groups in total. The Hall–Kier alpha value is -3.16. The fourth-order valence-electron chi connectivity index (χ4n) is 5.62. The minimum absolute atomic E-state index is 0.121. The molecule has 5 atom stereocenters. The maximum absolute atomic E-state index is 15.2. The summed E-state index contributed by atoms with van der Waals surface area (Å²) in [6, 6.07) is 11.4. The van der Waals surface area contributed by atoms with Gasteiger partial charge in [0, 0.05) is 31.1 Å². The van der Waals surface area contributed by atoms with E-state index in [-0.39, 0.29) is 30.2 Å². The number of nitrogens with one attached hydrogen (secondary N) is 1. The zero-order valence-corrected chi connectivity index (χ0v) is 16.4. The summed E-state index contributed by atoms with van der Waals surface area (Å²) in [5.74, 6) is 1.49. The van der Waals surface area contributed by atoms with Gasteiger partial charge in [0.1, 0.15) is 17.7 Å². The van der Waals surface area contributed by atoms with Crippen LogP contribution in [0.3, 0.4) is 0 Å². The zero-order valence-electron chi connectivity index (χ0n) is 16.4. The number of amides is 2. The first-order valence-corrected chi connectivity index (χ1v) is 10.2. The molecule has 2 aromatic rings. The second kappa shape index (κ2) is 5.93. The van der Waals surface area contributed by atoms with Gasteiger partial charge in [-0.3, -0.25) is 9.69 Å². The van der Waals surface area contributed by atoms with Crippen LogP contribution in [0.4, 0.5) is 20.7 Å². The topological polar surface area (TPSA) is 74.8 Å². The average Bonchev–Trinajstić information content (AvgIpc) is 3.46. The number of hydrogen-bond donors (Lipinski definition) is 1. The van der Waals surface area contributed by atoms with Gasteiger partial charge in [0.2, 0.25) is 5.91 Å². The van der Waals surface area contributed by atoms with E-state index in [1.165, 1.54) is 17.9 Å². The highest BCUT2D eigenvalue weighted by atomic mass is 19.1. The number of piperidine rings is 1. The summed E-state index contributed by atoms with van der Waals surface area (Å²) in [7, 11) is 0. The van der Waals surface area contributed by atoms with Crippen molar-refractivity contribution in [2.45, 2.75) is 24.5 Å². The van der Waals surface area contributed by atoms with Crippen LogP contribution in [-0.4, -0.2) is 48.8 Å². The van der Waals surface area contributed by atoms with Crippen molar-refractivity contribution in [2.75, 3.05) is 29.4 Å². The maximum Gasteiger partial charge on any atom is 0.414 e. The Kier molecular flexibility index (Phi) is 3.50. The van der Waals surface area contributed by atoms with E-state index in [0.717, 1.165) is 17.9 Å². The minimum atomic E-state index is -0.521. The average molecular weight is 408 g/mol. The third-order valence-corrected chi connectivity index (χ3v) is 7.02. The van der Waals surface area contributed by atoms with Crippen molar-refractivity contribution in [3.05, 3.63) is 54.0 Å². The van der Waals surface area contributed by atoms with Gasteiger partial charge < -0.3 is 15.0 Å². The zero-order chi connectivity index (χ0) is 20.6. The van der Waals surface area contributed by atoms with Gasteiger partial charge in [-0.15, -0.1) is 0 Å². The van der Waals surface area contributed by atoms with Gasteiger partial charge >= 0.3 is 6.09 Å². The van der Waals surface area contributed by atoms with Gasteiger partial charge in [0.05, 0.1) is 18.8 Å². The largest absolute Gasteiger partial charge is 0.442 e. The Morgan fingerprint density at radius 1 is 1.33 bits per heavy atom. The molecule has 0 radical (unpaired) electrons. The molecule has 3 aliphatic heterocycles. The molecule has 5 fully saturated rings. The molecule has 4 heterocycles. The predicted molar refractivity (Wildman–Crippen MR) is 107 cm³/mol. The normalized spacial score (nSPS) is 32.7. The molecule has 30 heavy (non-hydrogen) atoms. The molecule has 2 saturated carbocycles. The molecule has 154 valence electrons. The Morgan fingerprint density at radius 3 is 2.87 bits per heavy atom. The van der Waals surface area contributed by atoms with Gasteiger partial charge in [-0.25, -0.2) is 14.2 Å². The summed E-state index contributed by atoms with van der Waals surface area (Å²) in [5, 5.41) is 2.64. The van der Waals surface area contributed by atoms with Gasteiger partial charge in [-0.2, -0.15) is 0 Å². The van der Waals surface area contributed by atoms with E-state index in [4.69, 9.17) is 4.74 Å². The summed E-state index contributed by atoms with van der Waals surface area (Å²) < 4.78 is 20.5. The number of anilines is 2. The summed E-state index contributed by atoms with van der Waals surface area (Å²) in [5.41, 5.74) is 1.09. The number of benzene rings is 1. The van der Waals surface area contributed by atoms with Crippen molar-refractivity contribution >= 4 is 23.5 Å². The summed E-state index contributed by atoms with van der Waals surface area (Å²) in [6.07, 6.45) is 0.824. The van der Waals surface area contributed by atoms with E-state index in [1.54, 1.807) is 12.3 Å². The highest BCUT2D eigenvalue weighted by Crippen LogP contribution is 2.84. The van der Waals surface area contributed by atoms with Crippen molar-refractivity contribution in [1.29, 1.82) is 0 Å². The van der Waals surface area contributed by atoms with E-state index in [9.17, 15) is 9.59 Å². The predicted octanol–water partition coefficient (Wildman–Crippen LogP) is 2.07. The van der Waals surface area contributed by atoms with Crippen LogP contribution in [-0.2, 0) is 14.9 Å². The molecule has 3 unspecified atom stereocenters. The number of halogens is 1. The van der Waals surface area contributed by atoms with Crippen LogP contribution in [0.15, 0.2) is 42.6 Å². The van der Waals surface area contributed by atoms with Crippen molar-refractivity contribution in [1.82, 2.24) is 10.3 Å². The number of ether oxygens (including phenoxy) is 1. The van der Waals surface area contributed by atoms with Gasteiger partial charge in [-0.1, -0.05) is 12.1 Å². The Bertz CT molecular complexity index is 1050. The number of cyclic esters (lactones) is 1. The first-order valence-electron chi connectivity index (χ1n) is 10.2. The number of aromatic nitrogens is 1. The fourth-order valence-corrected chi connectivity index (χ4v) is 5.62. The molecule has 2 aliphatic carbocycles. The Balaban J connectivity index is 1.20. The van der Waals surface area contributed by atoms with Crippen LogP contribution in [0.2, 0.25) is 0 Å². The quantitative estimate of drug-likeness (QED) is 0.820. The molecule has 7 rings (SSSR count). The molecule has 5 aliphatic rings. The number of rotatable bonds is 5. The smallest absolute Gasteiger partial charge is 0.414 e. The lowest BCUT2D eigenvalue weighted by atomic mass is 9.87. The van der Waals surface area contributed by atoms with Crippen LogP contribution >= 0.6 is 0 Å². The summed E-state index contributed by atoms with van der Waals surface area (Å²) in [6.45, 7) is 2.72. The fraction of sp³-hybridized carbons (Fsp3) is 0.409. The van der Waals surface area contributed by atoms with Crippen LogP contribution in [0.25, 0.3) is 0 Å². The van der Waals surface area contributed by atoms with Crippen molar-refractivity contribution in [2.24, 2.45) is 11.8 Å². The van der Waals surface area contributed by atoms with Crippen LogP contribution in [0.1, 0.15) is 12.5 Å². The third kappa shape index (κ3) is 2.33. The first-order chi connectivity index (χ1) is 14.5. The molecule has 7 nitrogen and oxygen atoms in total. The summed E-state index contributed by atoms with van der Waals surface area (Å²) >= 11 is 0. The van der Waals surface area contributed by atoms with Gasteiger partial charge in [-0.05, 0) is 41.7 Å². The SMILES string of the molecule is CC(=O)NC[C@H]1CN(c2ccc(C34CN(c5ccccn5)C5C3[C@H]54)c(F)c2)C(=O)O1. The standard InChI is InChI=1S/C22H21FN4O3/c1-12(28)25-9-14-10-26(21(29)30-14)13-5-6-15(16(23)8-13)22-11-27(20-18(22)19(20)22)17-4-2-3-7-24-17/h2-8,14,18-20H,9-11H2,1H3,(H,25,28)/t14-,18+,19?,20?,22?/m0/s1. The third-order valence-electron chi connectivity index (χ3n) is 7.02. The van der Waals surface area contributed by atoms with Crippen molar-refractivity contribution < 1.29 is 18.7 Å². The van der Waals surface area contributed by atoms with E-state index in [0.29, 0.717) is 23.6 Å². The van der Waals surface area contributed by atoms with Crippen LogP contribution < -0.4 is 15.1 Å². The van der Waals surface area contributed by atoms with Crippen molar-refractivity contribution in [3.63, 3.8) is 0 Å². The van der Waals surface area contributed by atoms with Crippen molar-refractivity contribution in [3.8, 4) is 0 Å². The van der Waals surface area contributed by atoms with Crippen LogP contribution in [0.5, 0.6) is 0 Å². The molecular formula is C22H21FN4O3. The molecule has 2 bridgehead atoms. The second-order valence-electron chi connectivity index (χ2n) is 8.62. The maximum atomic E-state index is 15.2. The van der Waals surface area contributed by atoms with Gasteiger partial charge in [0.25, 0.3) is 0 Å². The molecule has 1 aromatic heterocycles. The van der Waals surface area contributed by atoms with Crippen LogP contribution in [0, 0.1) is 17.7 Å². The first kappa shape index (κ1) is 17.7. The van der Waals surface area contributed by atoms with Gasteiger partial charge in [0.15, 0.2) is 0 Å². The van der Waals surface area contributed by atoms with E-state index in [2.05, 4.69) is 15.2 Å². The molecule has 0 spiro atoms. The Morgan fingerprint density at radius 2 is 2.17 bits per heavy atom. The highest BCUT2D eigenvalue weighted by Gasteiger charge is 2.91. The number of pyridine rings is 1. The lowest BCUT2D eigenvalue weighted by Crippen LogP contribution is -2.33. The number of nitrogens with zero attached hydrogens (tertiary/aromatic N) is 3. The number of fused-ring (bicyclic) bond motifs is 1. The number of carbonyl (C=O) groups excluding carboxylic acids is 2. The molecule has 1 aromatic carbocycles. The number of hydrogen-bond acceptors (Lipinski definition) is 5. The molecule has 8 heteroatoms.